The molecular formula is C13H18Cl2N2O3. The van der Waals surface area contributed by atoms with Gasteiger partial charge in [0.15, 0.2) is 0 Å². The van der Waals surface area contributed by atoms with E-state index < -0.39 is 12.0 Å². The molecule has 2 N–H and O–H groups in total. The van der Waals surface area contributed by atoms with E-state index in [1.807, 2.05) is 13.0 Å². The predicted octanol–water partition coefficient (Wildman–Crippen LogP) is 2.41. The van der Waals surface area contributed by atoms with Gasteiger partial charge in [0.25, 0.3) is 0 Å². The number of halogens is 2. The second-order valence-corrected chi connectivity index (χ2v) is 4.87. The van der Waals surface area contributed by atoms with Crippen LogP contribution >= 0.6 is 24.0 Å². The van der Waals surface area contributed by atoms with Crippen LogP contribution in [0.25, 0.3) is 0 Å². The minimum Gasteiger partial charge on any atom is -0.480 e. The van der Waals surface area contributed by atoms with Crippen molar-refractivity contribution >= 4 is 41.6 Å². The molecule has 0 aromatic heterocycles. The van der Waals surface area contributed by atoms with Crippen molar-refractivity contribution in [3.8, 4) is 0 Å². The van der Waals surface area contributed by atoms with E-state index in [2.05, 4.69) is 5.32 Å². The van der Waals surface area contributed by atoms with Crippen LogP contribution in [0.1, 0.15) is 12.5 Å². The fraction of sp³-hybridized carbons (Fsp3) is 0.385. The summed E-state index contributed by atoms with van der Waals surface area (Å²) in [7, 11) is 1.58. The molecule has 7 heteroatoms. The maximum Gasteiger partial charge on any atom is 0.320 e. The van der Waals surface area contributed by atoms with Crippen LogP contribution in [0.4, 0.5) is 5.69 Å². The van der Waals surface area contributed by atoms with Crippen LogP contribution in [-0.2, 0) is 9.59 Å². The third kappa shape index (κ3) is 5.36. The molecule has 1 rings (SSSR count). The number of carboxylic acids is 1. The third-order valence-electron chi connectivity index (χ3n) is 2.81. The van der Waals surface area contributed by atoms with Gasteiger partial charge in [-0.15, -0.1) is 12.4 Å². The Bertz CT molecular complexity index is 495. The molecule has 0 radical (unpaired) electrons. The van der Waals surface area contributed by atoms with Gasteiger partial charge in [-0.2, -0.15) is 0 Å². The molecule has 0 spiro atoms. The summed E-state index contributed by atoms with van der Waals surface area (Å²) in [5, 5.41) is 12.0. The lowest BCUT2D eigenvalue weighted by Crippen LogP contribution is -2.40. The van der Waals surface area contributed by atoms with Gasteiger partial charge in [0.1, 0.15) is 6.04 Å². The van der Waals surface area contributed by atoms with Gasteiger partial charge in [0, 0.05) is 0 Å². The van der Waals surface area contributed by atoms with Crippen molar-refractivity contribution in [2.24, 2.45) is 0 Å². The van der Waals surface area contributed by atoms with Gasteiger partial charge in [-0.3, -0.25) is 14.5 Å². The highest BCUT2D eigenvalue weighted by Crippen LogP contribution is 2.22. The molecule has 5 nitrogen and oxygen atoms in total. The number of nitrogens with zero attached hydrogens (tertiary/aromatic N) is 1. The van der Waals surface area contributed by atoms with Gasteiger partial charge in [0.05, 0.1) is 17.3 Å². The number of hydrogen-bond donors (Lipinski definition) is 2. The number of likely N-dealkylation sites (N-methyl/N-ethyl adjacent to an activating group) is 1. The van der Waals surface area contributed by atoms with Crippen molar-refractivity contribution < 1.29 is 14.7 Å². The van der Waals surface area contributed by atoms with Crippen molar-refractivity contribution in [3.05, 3.63) is 28.8 Å². The van der Waals surface area contributed by atoms with E-state index in [-0.39, 0.29) is 24.9 Å². The van der Waals surface area contributed by atoms with Crippen molar-refractivity contribution in [3.63, 3.8) is 0 Å². The van der Waals surface area contributed by atoms with Crippen LogP contribution in [0.5, 0.6) is 0 Å². The van der Waals surface area contributed by atoms with Crippen molar-refractivity contribution in [1.82, 2.24) is 4.90 Å². The summed E-state index contributed by atoms with van der Waals surface area (Å²) in [4.78, 5) is 24.0. The zero-order valence-electron chi connectivity index (χ0n) is 11.5. The van der Waals surface area contributed by atoms with Gasteiger partial charge < -0.3 is 10.4 Å². The molecule has 0 aliphatic heterocycles. The lowest BCUT2D eigenvalue weighted by Gasteiger charge is -2.20. The van der Waals surface area contributed by atoms with Gasteiger partial charge in [-0.05, 0) is 38.6 Å². The van der Waals surface area contributed by atoms with Gasteiger partial charge in [-0.25, -0.2) is 0 Å². The van der Waals surface area contributed by atoms with Crippen LogP contribution in [0.15, 0.2) is 18.2 Å². The molecular weight excluding hydrogens is 303 g/mol. The zero-order valence-corrected chi connectivity index (χ0v) is 13.1. The number of carboxylic acid groups (broad SMARTS) is 1. The van der Waals surface area contributed by atoms with Crippen molar-refractivity contribution in [2.75, 3.05) is 18.9 Å². The van der Waals surface area contributed by atoms with Crippen LogP contribution in [-0.4, -0.2) is 41.5 Å². The fourth-order valence-corrected chi connectivity index (χ4v) is 1.75. The van der Waals surface area contributed by atoms with Crippen LogP contribution in [0, 0.1) is 6.92 Å². The maximum atomic E-state index is 11.8. The molecule has 1 aromatic carbocycles. The molecule has 1 atom stereocenters. The van der Waals surface area contributed by atoms with E-state index in [0.717, 1.165) is 5.56 Å². The summed E-state index contributed by atoms with van der Waals surface area (Å²) in [5.41, 5.74) is 1.52. The largest absolute Gasteiger partial charge is 0.480 e. The molecule has 20 heavy (non-hydrogen) atoms. The van der Waals surface area contributed by atoms with Gasteiger partial charge in [0.2, 0.25) is 5.91 Å². The summed E-state index contributed by atoms with van der Waals surface area (Å²) < 4.78 is 0. The Balaban J connectivity index is 0.00000361. The first-order valence-corrected chi connectivity index (χ1v) is 6.18. The number of carbonyl (C=O) groups is 2. The van der Waals surface area contributed by atoms with E-state index in [1.165, 1.54) is 11.8 Å². The summed E-state index contributed by atoms with van der Waals surface area (Å²) in [6, 6.07) is 4.58. The first kappa shape index (κ1) is 18.7. The van der Waals surface area contributed by atoms with E-state index in [4.69, 9.17) is 16.7 Å². The number of hydrogen-bond acceptors (Lipinski definition) is 3. The van der Waals surface area contributed by atoms with Crippen molar-refractivity contribution in [2.45, 2.75) is 19.9 Å². The highest BCUT2D eigenvalue weighted by Gasteiger charge is 2.19. The second-order valence-electron chi connectivity index (χ2n) is 4.46. The first-order valence-electron chi connectivity index (χ1n) is 5.80. The monoisotopic (exact) mass is 320 g/mol. The number of aliphatic carboxylic acids is 1. The molecule has 1 aromatic rings. The number of anilines is 1. The molecule has 0 bridgehead atoms. The van der Waals surface area contributed by atoms with Crippen LogP contribution in [0.3, 0.4) is 0 Å². The number of carbonyl (C=O) groups excluding carboxylic acids is 1. The quantitative estimate of drug-likeness (QED) is 0.874. The molecule has 0 aliphatic carbocycles. The second kappa shape index (κ2) is 8.09. The molecule has 1 amide bonds. The Morgan fingerprint density at radius 2 is 2.05 bits per heavy atom. The molecule has 0 saturated carbocycles. The summed E-state index contributed by atoms with van der Waals surface area (Å²) >= 11 is 6.00. The number of amides is 1. The molecule has 0 saturated heterocycles. The highest BCUT2D eigenvalue weighted by molar-refractivity contribution is 6.33. The average molecular weight is 321 g/mol. The number of benzene rings is 1. The Hall–Kier alpha value is -1.30. The highest BCUT2D eigenvalue weighted by atomic mass is 35.5. The lowest BCUT2D eigenvalue weighted by atomic mass is 10.2. The molecule has 112 valence electrons. The van der Waals surface area contributed by atoms with E-state index in [0.29, 0.717) is 10.7 Å². The maximum absolute atomic E-state index is 11.8. The SMILES string of the molecule is Cc1ccc(NC(=O)CN(C)C(C)C(=O)O)c(Cl)c1.Cl. The number of nitrogens with one attached hydrogen (secondary N) is 1. The topological polar surface area (TPSA) is 69.6 Å². The Morgan fingerprint density at radius 1 is 1.45 bits per heavy atom. The predicted molar refractivity (Wildman–Crippen MR) is 81.8 cm³/mol. The van der Waals surface area contributed by atoms with Crippen molar-refractivity contribution in [1.29, 1.82) is 0 Å². The van der Waals surface area contributed by atoms with Gasteiger partial charge in [-0.1, -0.05) is 17.7 Å². The summed E-state index contributed by atoms with van der Waals surface area (Å²) in [5.74, 6) is -1.27. The minimum absolute atomic E-state index is 0. The Labute approximate surface area is 129 Å². The van der Waals surface area contributed by atoms with E-state index in [1.54, 1.807) is 19.2 Å². The number of rotatable bonds is 5. The first-order chi connectivity index (χ1) is 8.81. The normalized spacial score (nSPS) is 11.7. The van der Waals surface area contributed by atoms with Crippen LogP contribution in [0.2, 0.25) is 5.02 Å². The third-order valence-corrected chi connectivity index (χ3v) is 3.12. The number of aryl methyl sites for hydroxylation is 1. The van der Waals surface area contributed by atoms with E-state index in [9.17, 15) is 9.59 Å². The molecule has 0 fully saturated rings. The lowest BCUT2D eigenvalue weighted by molar-refractivity contribution is -0.142. The fourth-order valence-electron chi connectivity index (χ4n) is 1.46. The smallest absolute Gasteiger partial charge is 0.320 e. The summed E-state index contributed by atoms with van der Waals surface area (Å²) in [6.07, 6.45) is 0. The summed E-state index contributed by atoms with van der Waals surface area (Å²) in [6.45, 7) is 3.41. The van der Waals surface area contributed by atoms with Gasteiger partial charge >= 0.3 is 5.97 Å². The molecule has 1 unspecified atom stereocenters. The van der Waals surface area contributed by atoms with Crippen LogP contribution < -0.4 is 5.32 Å². The average Bonchev–Trinajstić information content (AvgIpc) is 2.31. The minimum atomic E-state index is -0.969. The molecule has 0 heterocycles. The Morgan fingerprint density at radius 3 is 2.55 bits per heavy atom. The van der Waals surface area contributed by atoms with E-state index >= 15 is 0 Å². The Kier molecular flexibility index (Phi) is 7.57. The zero-order chi connectivity index (χ0) is 14.6. The standard InChI is InChI=1S/C13H17ClN2O3.ClH/c1-8-4-5-11(10(14)6-8)15-12(17)7-16(3)9(2)13(18)19;/h4-6,9H,7H2,1-3H3,(H,15,17)(H,18,19);1H. The molecule has 0 aliphatic rings.